The van der Waals surface area contributed by atoms with Crippen LogP contribution in [-0.4, -0.2) is 73.7 Å². The molecule has 1 aromatic carbocycles. The summed E-state index contributed by atoms with van der Waals surface area (Å²) in [5.41, 5.74) is 3.97. The van der Waals surface area contributed by atoms with Crippen molar-refractivity contribution in [3.8, 4) is 0 Å². The van der Waals surface area contributed by atoms with Crippen molar-refractivity contribution in [1.82, 2.24) is 20.4 Å². The van der Waals surface area contributed by atoms with E-state index in [1.807, 2.05) is 69.0 Å². The monoisotopic (exact) mass is 408 g/mol. The standard InChI is InChI=1S/C24H32N4O2/c1-27-14-4-6-22(18-27)23(29)16-26-13-11-19-7-9-21(10-8-19)24(30)28(2)17-20-5-3-12-25-15-20/h3-10,14-15,23,25-26,29H,11-13,16-18H2,1-2H3. The van der Waals surface area contributed by atoms with Crippen LogP contribution in [0.4, 0.5) is 0 Å². The zero-order chi connectivity index (χ0) is 21.3. The number of amides is 1. The maximum absolute atomic E-state index is 12.6. The van der Waals surface area contributed by atoms with E-state index in [1.54, 1.807) is 4.90 Å². The van der Waals surface area contributed by atoms with Gasteiger partial charge in [-0.05, 0) is 54.1 Å². The van der Waals surface area contributed by atoms with Crippen molar-refractivity contribution in [2.24, 2.45) is 0 Å². The molecule has 0 aromatic heterocycles. The maximum Gasteiger partial charge on any atom is 0.253 e. The topological polar surface area (TPSA) is 67.8 Å². The average molecular weight is 409 g/mol. The predicted octanol–water partition coefficient (Wildman–Crippen LogP) is 1.68. The zero-order valence-corrected chi connectivity index (χ0v) is 17.8. The first-order valence-corrected chi connectivity index (χ1v) is 10.4. The minimum Gasteiger partial charge on any atom is -0.387 e. The van der Waals surface area contributed by atoms with Crippen LogP contribution in [0.1, 0.15) is 15.9 Å². The van der Waals surface area contributed by atoms with Gasteiger partial charge in [-0.3, -0.25) is 4.79 Å². The Morgan fingerprint density at radius 3 is 2.83 bits per heavy atom. The smallest absolute Gasteiger partial charge is 0.253 e. The number of nitrogens with zero attached hydrogens (tertiary/aromatic N) is 2. The van der Waals surface area contributed by atoms with Crippen molar-refractivity contribution in [2.45, 2.75) is 12.5 Å². The molecule has 3 rings (SSSR count). The van der Waals surface area contributed by atoms with Crippen molar-refractivity contribution >= 4 is 5.91 Å². The molecule has 0 spiro atoms. The molecular formula is C24H32N4O2. The third-order valence-electron chi connectivity index (χ3n) is 5.26. The summed E-state index contributed by atoms with van der Waals surface area (Å²) in [7, 11) is 3.82. The Balaban J connectivity index is 1.41. The van der Waals surface area contributed by atoms with Crippen LogP contribution in [-0.2, 0) is 6.42 Å². The van der Waals surface area contributed by atoms with Gasteiger partial charge in [0.15, 0.2) is 0 Å². The molecule has 3 N–H and O–H groups in total. The average Bonchev–Trinajstić information content (AvgIpc) is 2.77. The highest BCUT2D eigenvalue weighted by molar-refractivity contribution is 5.94. The molecule has 0 fully saturated rings. The molecule has 1 atom stereocenters. The van der Waals surface area contributed by atoms with E-state index >= 15 is 0 Å². The van der Waals surface area contributed by atoms with Crippen LogP contribution in [0, 0.1) is 0 Å². The second kappa shape index (κ2) is 10.8. The summed E-state index contributed by atoms with van der Waals surface area (Å²) in [6.07, 6.45) is 12.4. The summed E-state index contributed by atoms with van der Waals surface area (Å²) in [6, 6.07) is 7.79. The molecule has 1 aromatic rings. The summed E-state index contributed by atoms with van der Waals surface area (Å²) in [4.78, 5) is 16.4. The first-order chi connectivity index (χ1) is 14.5. The van der Waals surface area contributed by atoms with E-state index in [9.17, 15) is 9.90 Å². The van der Waals surface area contributed by atoms with E-state index in [1.165, 1.54) is 0 Å². The lowest BCUT2D eigenvalue weighted by atomic mass is 10.1. The second-order valence-electron chi connectivity index (χ2n) is 7.86. The Morgan fingerprint density at radius 2 is 2.13 bits per heavy atom. The van der Waals surface area contributed by atoms with Gasteiger partial charge in [-0.25, -0.2) is 0 Å². The molecule has 0 saturated heterocycles. The number of nitrogens with one attached hydrogen (secondary N) is 2. The van der Waals surface area contributed by atoms with Gasteiger partial charge in [0, 0.05) is 52.0 Å². The maximum atomic E-state index is 12.6. The fourth-order valence-electron chi connectivity index (χ4n) is 3.52. The highest BCUT2D eigenvalue weighted by Gasteiger charge is 2.14. The summed E-state index contributed by atoms with van der Waals surface area (Å²) >= 11 is 0. The summed E-state index contributed by atoms with van der Waals surface area (Å²) < 4.78 is 0. The van der Waals surface area contributed by atoms with E-state index in [0.29, 0.717) is 18.7 Å². The van der Waals surface area contributed by atoms with Crippen LogP contribution < -0.4 is 10.6 Å². The first-order valence-electron chi connectivity index (χ1n) is 10.4. The largest absolute Gasteiger partial charge is 0.387 e. The number of allylic oxidation sites excluding steroid dienone is 2. The quantitative estimate of drug-likeness (QED) is 0.543. The number of rotatable bonds is 9. The van der Waals surface area contributed by atoms with Crippen LogP contribution >= 0.6 is 0 Å². The number of carbonyl (C=O) groups is 1. The SMILES string of the molecule is CN1C=CC=C(C(O)CNCCc2ccc(C(=O)N(C)CC3=CNCC=C3)cc2)C1. The van der Waals surface area contributed by atoms with Crippen LogP contribution in [0.25, 0.3) is 0 Å². The lowest BCUT2D eigenvalue weighted by Crippen LogP contribution is -2.33. The Morgan fingerprint density at radius 1 is 1.33 bits per heavy atom. The molecule has 6 heteroatoms. The Labute approximate surface area is 179 Å². The van der Waals surface area contributed by atoms with E-state index in [2.05, 4.69) is 21.6 Å². The minimum absolute atomic E-state index is 0.0162. The lowest BCUT2D eigenvalue weighted by molar-refractivity contribution is 0.0807. The molecule has 0 saturated carbocycles. The molecule has 1 amide bonds. The molecule has 1 unspecified atom stereocenters. The predicted molar refractivity (Wildman–Crippen MR) is 121 cm³/mol. The number of dihydropyridines is 1. The summed E-state index contributed by atoms with van der Waals surface area (Å²) in [6.45, 7) is 3.49. The number of likely N-dealkylation sites (N-methyl/N-ethyl adjacent to an activating group) is 2. The van der Waals surface area contributed by atoms with Crippen LogP contribution in [0.3, 0.4) is 0 Å². The highest BCUT2D eigenvalue weighted by Crippen LogP contribution is 2.11. The Hall–Kier alpha value is -2.83. The molecule has 0 bridgehead atoms. The van der Waals surface area contributed by atoms with Gasteiger partial charge < -0.3 is 25.5 Å². The van der Waals surface area contributed by atoms with E-state index in [0.717, 1.165) is 42.8 Å². The molecule has 0 radical (unpaired) electrons. The highest BCUT2D eigenvalue weighted by atomic mass is 16.3. The molecule has 0 aliphatic carbocycles. The lowest BCUT2D eigenvalue weighted by Gasteiger charge is -2.23. The number of benzene rings is 1. The van der Waals surface area contributed by atoms with Gasteiger partial charge in [-0.15, -0.1) is 0 Å². The van der Waals surface area contributed by atoms with Gasteiger partial charge >= 0.3 is 0 Å². The van der Waals surface area contributed by atoms with Gasteiger partial charge in [0.2, 0.25) is 0 Å². The van der Waals surface area contributed by atoms with Gasteiger partial charge in [0.25, 0.3) is 5.91 Å². The van der Waals surface area contributed by atoms with Crippen LogP contribution in [0.15, 0.2) is 72.1 Å². The fourth-order valence-corrected chi connectivity index (χ4v) is 3.52. The van der Waals surface area contributed by atoms with Crippen molar-refractivity contribution in [1.29, 1.82) is 0 Å². The van der Waals surface area contributed by atoms with Crippen LogP contribution in [0.5, 0.6) is 0 Å². The van der Waals surface area contributed by atoms with Gasteiger partial charge in [0.05, 0.1) is 6.10 Å². The third-order valence-corrected chi connectivity index (χ3v) is 5.26. The molecule has 2 aliphatic rings. The molecule has 2 heterocycles. The van der Waals surface area contributed by atoms with Gasteiger partial charge in [-0.1, -0.05) is 30.4 Å². The minimum atomic E-state index is -0.475. The Bertz CT molecular complexity index is 839. The normalized spacial score (nSPS) is 16.6. The number of aliphatic hydroxyl groups is 1. The zero-order valence-electron chi connectivity index (χ0n) is 17.8. The van der Waals surface area contributed by atoms with Gasteiger partial charge in [0.1, 0.15) is 0 Å². The molecule has 160 valence electrons. The van der Waals surface area contributed by atoms with Crippen LogP contribution in [0.2, 0.25) is 0 Å². The molecule has 2 aliphatic heterocycles. The van der Waals surface area contributed by atoms with Crippen molar-refractivity contribution in [3.63, 3.8) is 0 Å². The summed E-state index contributed by atoms with van der Waals surface area (Å²) in [5.74, 6) is 0.0162. The van der Waals surface area contributed by atoms with Crippen molar-refractivity contribution in [2.75, 3.05) is 46.8 Å². The number of hydrogen-bond donors (Lipinski definition) is 3. The van der Waals surface area contributed by atoms with E-state index in [-0.39, 0.29) is 5.91 Å². The van der Waals surface area contributed by atoms with Crippen molar-refractivity contribution < 1.29 is 9.90 Å². The number of aliphatic hydroxyl groups excluding tert-OH is 1. The first kappa shape index (κ1) is 21.9. The fraction of sp³-hybridized carbons (Fsp3) is 0.375. The molecular weight excluding hydrogens is 376 g/mol. The number of carbonyl (C=O) groups excluding carboxylic acids is 1. The summed E-state index contributed by atoms with van der Waals surface area (Å²) in [5, 5.41) is 16.8. The molecule has 6 nitrogen and oxygen atoms in total. The second-order valence-corrected chi connectivity index (χ2v) is 7.86. The van der Waals surface area contributed by atoms with E-state index < -0.39 is 6.10 Å². The number of hydrogen-bond acceptors (Lipinski definition) is 5. The third kappa shape index (κ3) is 6.34. The van der Waals surface area contributed by atoms with E-state index in [4.69, 9.17) is 0 Å². The van der Waals surface area contributed by atoms with Crippen molar-refractivity contribution in [3.05, 3.63) is 83.2 Å². The van der Waals surface area contributed by atoms with Gasteiger partial charge in [-0.2, -0.15) is 0 Å². The molecule has 30 heavy (non-hydrogen) atoms. The Kier molecular flexibility index (Phi) is 7.88.